The largest absolute Gasteiger partial charge is 0.381 e. The summed E-state index contributed by atoms with van der Waals surface area (Å²) in [4.78, 5) is 16.7. The number of carbonyl (C=O) groups is 1. The Labute approximate surface area is 159 Å². The summed E-state index contributed by atoms with van der Waals surface area (Å²) in [6, 6.07) is 2.01. The second-order valence-corrected chi connectivity index (χ2v) is 9.30. The predicted octanol–water partition coefficient (Wildman–Crippen LogP) is 3.18. The zero-order chi connectivity index (χ0) is 18.1. The van der Waals surface area contributed by atoms with Gasteiger partial charge in [-0.1, -0.05) is 0 Å². The van der Waals surface area contributed by atoms with Crippen LogP contribution in [0.5, 0.6) is 0 Å². The van der Waals surface area contributed by atoms with Crippen LogP contribution in [0.15, 0.2) is 6.07 Å². The van der Waals surface area contributed by atoms with Crippen LogP contribution in [-0.2, 0) is 14.2 Å². The van der Waals surface area contributed by atoms with E-state index in [1.165, 1.54) is 10.4 Å². The molecule has 3 saturated heterocycles. The number of rotatable bonds is 4. The molecule has 3 fully saturated rings. The van der Waals surface area contributed by atoms with Crippen LogP contribution in [0.2, 0.25) is 0 Å². The molecule has 0 bridgehead atoms. The van der Waals surface area contributed by atoms with Gasteiger partial charge in [-0.05, 0) is 50.7 Å². The lowest BCUT2D eigenvalue weighted by molar-refractivity contribution is -0.188. The minimum absolute atomic E-state index is 0.144. The Hall–Kier alpha value is -0.950. The van der Waals surface area contributed by atoms with Crippen molar-refractivity contribution in [3.05, 3.63) is 21.4 Å². The van der Waals surface area contributed by atoms with Crippen molar-refractivity contribution < 1.29 is 19.0 Å². The monoisotopic (exact) mass is 379 g/mol. The van der Waals surface area contributed by atoms with Crippen LogP contribution in [0.1, 0.15) is 45.8 Å². The van der Waals surface area contributed by atoms with Gasteiger partial charge >= 0.3 is 0 Å². The molecule has 0 aliphatic carbocycles. The molecule has 0 N–H and O–H groups in total. The Morgan fingerprint density at radius 2 is 2.04 bits per heavy atom. The summed E-state index contributed by atoms with van der Waals surface area (Å²) in [6.45, 7) is 8.81. The molecule has 3 aliphatic rings. The van der Waals surface area contributed by atoms with E-state index in [-0.39, 0.29) is 17.6 Å². The maximum atomic E-state index is 12.7. The molecule has 4 rings (SSSR count). The highest BCUT2D eigenvalue weighted by molar-refractivity contribution is 7.14. The number of carbonyl (C=O) groups excluding carboxylic acids is 1. The average molecular weight is 380 g/mol. The van der Waals surface area contributed by atoms with E-state index in [1.807, 2.05) is 11.0 Å². The van der Waals surface area contributed by atoms with Crippen LogP contribution < -0.4 is 0 Å². The number of nitrogens with zero attached hydrogens (tertiary/aromatic N) is 1. The summed E-state index contributed by atoms with van der Waals surface area (Å²) in [6.07, 6.45) is 4.34. The molecular formula is C20H29NO4S. The third-order valence-corrected chi connectivity index (χ3v) is 7.12. The van der Waals surface area contributed by atoms with Crippen LogP contribution in [0.4, 0.5) is 0 Å². The van der Waals surface area contributed by atoms with Crippen molar-refractivity contribution in [2.45, 2.75) is 51.2 Å². The molecule has 26 heavy (non-hydrogen) atoms. The highest BCUT2D eigenvalue weighted by atomic mass is 32.1. The summed E-state index contributed by atoms with van der Waals surface area (Å²) in [5, 5.41) is 0. The van der Waals surface area contributed by atoms with Crippen molar-refractivity contribution in [1.29, 1.82) is 0 Å². The normalized spacial score (nSPS) is 26.1. The van der Waals surface area contributed by atoms with Crippen molar-refractivity contribution in [2.75, 3.05) is 39.5 Å². The third kappa shape index (κ3) is 3.84. The van der Waals surface area contributed by atoms with Crippen LogP contribution in [0, 0.1) is 19.8 Å². The Bertz CT molecular complexity index is 627. The van der Waals surface area contributed by atoms with Crippen LogP contribution in [0.3, 0.4) is 0 Å². The molecule has 0 unspecified atom stereocenters. The van der Waals surface area contributed by atoms with Gasteiger partial charge in [0.15, 0.2) is 0 Å². The Morgan fingerprint density at radius 1 is 1.27 bits per heavy atom. The summed E-state index contributed by atoms with van der Waals surface area (Å²) in [7, 11) is 0. The molecule has 1 spiro atoms. The SMILES string of the molecule is Cc1cc(C(=O)N2CC3(C[C@H](OCC4CCOCC4)CCO3)C2)sc1C. The first kappa shape index (κ1) is 18.4. The van der Waals surface area contributed by atoms with Gasteiger partial charge in [0.25, 0.3) is 5.91 Å². The minimum atomic E-state index is -0.185. The van der Waals surface area contributed by atoms with E-state index >= 15 is 0 Å². The number of hydrogen-bond donors (Lipinski definition) is 0. The fourth-order valence-corrected chi connectivity index (χ4v) is 5.16. The number of likely N-dealkylation sites (tertiary alicyclic amines) is 1. The highest BCUT2D eigenvalue weighted by Gasteiger charge is 2.50. The molecule has 1 amide bonds. The summed E-state index contributed by atoms with van der Waals surface area (Å²) < 4.78 is 17.7. The second kappa shape index (κ2) is 7.58. The van der Waals surface area contributed by atoms with Gasteiger partial charge in [-0.3, -0.25) is 4.79 Å². The molecule has 0 aromatic carbocycles. The van der Waals surface area contributed by atoms with Crippen molar-refractivity contribution in [3.63, 3.8) is 0 Å². The van der Waals surface area contributed by atoms with Crippen molar-refractivity contribution in [3.8, 4) is 0 Å². The van der Waals surface area contributed by atoms with Gasteiger partial charge in [-0.15, -0.1) is 11.3 Å². The first-order chi connectivity index (χ1) is 12.5. The lowest BCUT2D eigenvalue weighted by Crippen LogP contribution is -2.67. The predicted molar refractivity (Wildman–Crippen MR) is 101 cm³/mol. The second-order valence-electron chi connectivity index (χ2n) is 8.05. The maximum absolute atomic E-state index is 12.7. The van der Waals surface area contributed by atoms with E-state index < -0.39 is 0 Å². The molecule has 1 aromatic rings. The van der Waals surface area contributed by atoms with E-state index in [2.05, 4.69) is 13.8 Å². The van der Waals surface area contributed by atoms with Gasteiger partial charge in [-0.25, -0.2) is 0 Å². The molecule has 0 radical (unpaired) electrons. The molecule has 144 valence electrons. The minimum Gasteiger partial charge on any atom is -0.381 e. The number of hydrogen-bond acceptors (Lipinski definition) is 5. The molecule has 5 nitrogen and oxygen atoms in total. The van der Waals surface area contributed by atoms with E-state index in [1.54, 1.807) is 11.3 Å². The maximum Gasteiger partial charge on any atom is 0.264 e. The van der Waals surface area contributed by atoms with Gasteiger partial charge in [0.2, 0.25) is 0 Å². The first-order valence-electron chi connectivity index (χ1n) is 9.74. The molecule has 3 aliphatic heterocycles. The van der Waals surface area contributed by atoms with Crippen molar-refractivity contribution in [2.24, 2.45) is 5.92 Å². The lowest BCUT2D eigenvalue weighted by atomic mass is 9.84. The molecule has 4 heterocycles. The molecule has 1 aromatic heterocycles. The molecule has 1 atom stereocenters. The smallest absolute Gasteiger partial charge is 0.264 e. The fraction of sp³-hybridized carbons (Fsp3) is 0.750. The first-order valence-corrected chi connectivity index (χ1v) is 10.6. The van der Waals surface area contributed by atoms with Crippen molar-refractivity contribution in [1.82, 2.24) is 4.90 Å². The van der Waals surface area contributed by atoms with Crippen LogP contribution in [-0.4, -0.2) is 62.0 Å². The number of ether oxygens (including phenoxy) is 3. The summed E-state index contributed by atoms with van der Waals surface area (Å²) in [5.74, 6) is 0.776. The van der Waals surface area contributed by atoms with E-state index in [0.717, 1.165) is 57.0 Å². The third-order valence-electron chi connectivity index (χ3n) is 5.98. The van der Waals surface area contributed by atoms with Gasteiger partial charge in [0, 0.05) is 37.7 Å². The number of thiophene rings is 1. The van der Waals surface area contributed by atoms with Crippen LogP contribution >= 0.6 is 11.3 Å². The Balaban J connectivity index is 1.27. The lowest BCUT2D eigenvalue weighted by Gasteiger charge is -2.53. The molecule has 6 heteroatoms. The summed E-state index contributed by atoms with van der Waals surface area (Å²) >= 11 is 1.59. The quantitative estimate of drug-likeness (QED) is 0.806. The zero-order valence-corrected chi connectivity index (χ0v) is 16.6. The Kier molecular flexibility index (Phi) is 5.37. The highest BCUT2D eigenvalue weighted by Crippen LogP contribution is 2.37. The summed E-state index contributed by atoms with van der Waals surface area (Å²) in [5.41, 5.74) is 1.01. The zero-order valence-electron chi connectivity index (χ0n) is 15.8. The fourth-order valence-electron chi connectivity index (χ4n) is 4.16. The van der Waals surface area contributed by atoms with Crippen LogP contribution in [0.25, 0.3) is 0 Å². The Morgan fingerprint density at radius 3 is 2.73 bits per heavy atom. The van der Waals surface area contributed by atoms with Gasteiger partial charge < -0.3 is 19.1 Å². The van der Waals surface area contributed by atoms with Gasteiger partial charge in [0.05, 0.1) is 24.1 Å². The standard InChI is InChI=1S/C20H29NO4S/c1-14-9-18(26-15(14)2)19(22)21-12-20(13-21)10-17(5-8-25-20)24-11-16-3-6-23-7-4-16/h9,16-17H,3-8,10-13H2,1-2H3/t17-/m1/s1. The van der Waals surface area contributed by atoms with Crippen molar-refractivity contribution >= 4 is 17.2 Å². The molecular weight excluding hydrogens is 350 g/mol. The van der Waals surface area contributed by atoms with Gasteiger partial charge in [-0.2, -0.15) is 0 Å². The van der Waals surface area contributed by atoms with E-state index in [0.29, 0.717) is 19.0 Å². The van der Waals surface area contributed by atoms with E-state index in [4.69, 9.17) is 14.2 Å². The van der Waals surface area contributed by atoms with E-state index in [9.17, 15) is 4.79 Å². The average Bonchev–Trinajstić information content (AvgIpc) is 2.97. The topological polar surface area (TPSA) is 48.0 Å². The number of aryl methyl sites for hydroxylation is 2. The number of amides is 1. The molecule has 0 saturated carbocycles. The van der Waals surface area contributed by atoms with Gasteiger partial charge in [0.1, 0.15) is 5.60 Å².